The number of amides is 1. The molecule has 138 valence electrons. The van der Waals surface area contributed by atoms with Crippen LogP contribution in [-0.2, 0) is 9.47 Å². The zero-order valence-electron chi connectivity index (χ0n) is 15.6. The first kappa shape index (κ1) is 19.2. The SMILES string of the molecule is CCCOC(=O)c1ccncc1C1CCN(C(=O)OC(C)(C)C)CC1. The Hall–Kier alpha value is -2.11. The number of carbonyl (C=O) groups excluding carboxylic acids is 2. The van der Waals surface area contributed by atoms with Gasteiger partial charge in [0.25, 0.3) is 0 Å². The molecule has 0 bridgehead atoms. The molecule has 1 aromatic heterocycles. The van der Waals surface area contributed by atoms with Crippen molar-refractivity contribution in [2.45, 2.75) is 58.5 Å². The molecule has 0 spiro atoms. The highest BCUT2D eigenvalue weighted by atomic mass is 16.6. The third-order valence-corrected chi connectivity index (χ3v) is 4.10. The minimum atomic E-state index is -0.493. The van der Waals surface area contributed by atoms with Gasteiger partial charge in [-0.05, 0) is 57.6 Å². The van der Waals surface area contributed by atoms with Crippen molar-refractivity contribution in [1.82, 2.24) is 9.88 Å². The minimum Gasteiger partial charge on any atom is -0.462 e. The molecule has 0 atom stereocenters. The van der Waals surface area contributed by atoms with Gasteiger partial charge in [-0.25, -0.2) is 9.59 Å². The minimum absolute atomic E-state index is 0.191. The van der Waals surface area contributed by atoms with Gasteiger partial charge in [0.2, 0.25) is 0 Å². The first-order valence-corrected chi connectivity index (χ1v) is 8.90. The van der Waals surface area contributed by atoms with Crippen LogP contribution in [-0.4, -0.2) is 47.2 Å². The van der Waals surface area contributed by atoms with Crippen LogP contribution in [0.5, 0.6) is 0 Å². The van der Waals surface area contributed by atoms with Crippen molar-refractivity contribution in [3.63, 3.8) is 0 Å². The average Bonchev–Trinajstić information content (AvgIpc) is 2.58. The number of nitrogens with zero attached hydrogens (tertiary/aromatic N) is 2. The summed E-state index contributed by atoms with van der Waals surface area (Å²) in [5.41, 5.74) is 1.000. The molecule has 1 amide bonds. The van der Waals surface area contributed by atoms with E-state index in [-0.39, 0.29) is 18.0 Å². The molecule has 0 N–H and O–H groups in total. The topological polar surface area (TPSA) is 68.7 Å². The number of carbonyl (C=O) groups is 2. The van der Waals surface area contributed by atoms with Crippen LogP contribution in [0.2, 0.25) is 0 Å². The van der Waals surface area contributed by atoms with Gasteiger partial charge in [-0.15, -0.1) is 0 Å². The van der Waals surface area contributed by atoms with Crippen molar-refractivity contribution in [3.8, 4) is 0 Å². The maximum absolute atomic E-state index is 12.3. The Balaban J connectivity index is 2.01. The molecule has 2 rings (SSSR count). The largest absolute Gasteiger partial charge is 0.462 e. The maximum Gasteiger partial charge on any atom is 0.410 e. The van der Waals surface area contributed by atoms with E-state index in [9.17, 15) is 9.59 Å². The fourth-order valence-electron chi connectivity index (χ4n) is 2.89. The molecule has 0 aromatic carbocycles. The molecule has 25 heavy (non-hydrogen) atoms. The third-order valence-electron chi connectivity index (χ3n) is 4.10. The lowest BCUT2D eigenvalue weighted by atomic mass is 9.88. The number of pyridine rings is 1. The lowest BCUT2D eigenvalue weighted by Crippen LogP contribution is -2.41. The van der Waals surface area contributed by atoms with Crippen LogP contribution in [0, 0.1) is 0 Å². The first-order chi connectivity index (χ1) is 11.8. The number of piperidine rings is 1. The van der Waals surface area contributed by atoms with E-state index >= 15 is 0 Å². The monoisotopic (exact) mass is 348 g/mol. The van der Waals surface area contributed by atoms with Crippen LogP contribution in [0.25, 0.3) is 0 Å². The highest BCUT2D eigenvalue weighted by molar-refractivity contribution is 5.91. The molecule has 1 fully saturated rings. The summed E-state index contributed by atoms with van der Waals surface area (Å²) >= 11 is 0. The lowest BCUT2D eigenvalue weighted by Gasteiger charge is -2.33. The van der Waals surface area contributed by atoms with Crippen molar-refractivity contribution in [2.75, 3.05) is 19.7 Å². The number of ether oxygens (including phenoxy) is 2. The zero-order chi connectivity index (χ0) is 18.4. The third kappa shape index (κ3) is 5.44. The smallest absolute Gasteiger partial charge is 0.410 e. The van der Waals surface area contributed by atoms with Gasteiger partial charge in [-0.3, -0.25) is 4.98 Å². The molecule has 6 nitrogen and oxygen atoms in total. The van der Waals surface area contributed by atoms with Gasteiger partial charge >= 0.3 is 12.1 Å². The van der Waals surface area contributed by atoms with Gasteiger partial charge in [-0.1, -0.05) is 6.92 Å². The van der Waals surface area contributed by atoms with Crippen LogP contribution < -0.4 is 0 Å². The summed E-state index contributed by atoms with van der Waals surface area (Å²) in [5.74, 6) is -0.106. The van der Waals surface area contributed by atoms with Gasteiger partial charge in [0.1, 0.15) is 5.60 Å². The Kier molecular flexibility index (Phi) is 6.39. The molecule has 0 saturated carbocycles. The van der Waals surface area contributed by atoms with Crippen molar-refractivity contribution in [1.29, 1.82) is 0 Å². The Morgan fingerprint density at radius 3 is 2.56 bits per heavy atom. The Morgan fingerprint density at radius 1 is 1.28 bits per heavy atom. The highest BCUT2D eigenvalue weighted by Crippen LogP contribution is 2.30. The second kappa shape index (κ2) is 8.32. The van der Waals surface area contributed by atoms with Crippen molar-refractivity contribution >= 4 is 12.1 Å². The number of aromatic nitrogens is 1. The van der Waals surface area contributed by atoms with Gasteiger partial charge in [0.15, 0.2) is 0 Å². The van der Waals surface area contributed by atoms with Gasteiger partial charge in [0, 0.05) is 25.5 Å². The maximum atomic E-state index is 12.3. The summed E-state index contributed by atoms with van der Waals surface area (Å²) in [6, 6.07) is 1.72. The molecule has 0 unspecified atom stereocenters. The van der Waals surface area contributed by atoms with Crippen molar-refractivity contribution in [2.24, 2.45) is 0 Å². The lowest BCUT2D eigenvalue weighted by molar-refractivity contribution is 0.0203. The summed E-state index contributed by atoms with van der Waals surface area (Å²) in [5, 5.41) is 0. The summed E-state index contributed by atoms with van der Waals surface area (Å²) in [4.78, 5) is 30.3. The van der Waals surface area contributed by atoms with E-state index in [1.54, 1.807) is 23.4 Å². The number of likely N-dealkylation sites (tertiary alicyclic amines) is 1. The average molecular weight is 348 g/mol. The molecule has 1 aliphatic rings. The van der Waals surface area contributed by atoms with Gasteiger partial charge in [-0.2, -0.15) is 0 Å². The quantitative estimate of drug-likeness (QED) is 0.775. The van der Waals surface area contributed by atoms with E-state index in [0.29, 0.717) is 25.3 Å². The number of rotatable bonds is 4. The molecular formula is C19H28N2O4. The van der Waals surface area contributed by atoms with Crippen LogP contribution in [0.4, 0.5) is 4.79 Å². The Labute approximate surface area is 149 Å². The first-order valence-electron chi connectivity index (χ1n) is 8.90. The summed E-state index contributed by atoms with van der Waals surface area (Å²) < 4.78 is 10.7. The second-order valence-electron chi connectivity index (χ2n) is 7.34. The van der Waals surface area contributed by atoms with Crippen molar-refractivity contribution in [3.05, 3.63) is 29.6 Å². The highest BCUT2D eigenvalue weighted by Gasteiger charge is 2.29. The molecule has 0 aliphatic carbocycles. The van der Waals surface area contributed by atoms with Crippen LogP contribution in [0.3, 0.4) is 0 Å². The fraction of sp³-hybridized carbons (Fsp3) is 0.632. The van der Waals surface area contributed by atoms with E-state index in [4.69, 9.17) is 9.47 Å². The van der Waals surface area contributed by atoms with E-state index < -0.39 is 5.60 Å². The fourth-order valence-corrected chi connectivity index (χ4v) is 2.89. The van der Waals surface area contributed by atoms with E-state index in [1.807, 2.05) is 27.7 Å². The van der Waals surface area contributed by atoms with Gasteiger partial charge < -0.3 is 14.4 Å². The molecule has 0 radical (unpaired) electrons. The van der Waals surface area contributed by atoms with E-state index in [0.717, 1.165) is 24.8 Å². The van der Waals surface area contributed by atoms with Gasteiger partial charge in [0.05, 0.1) is 12.2 Å². The molecule has 2 heterocycles. The van der Waals surface area contributed by atoms with Crippen molar-refractivity contribution < 1.29 is 19.1 Å². The summed E-state index contributed by atoms with van der Waals surface area (Å²) in [6.07, 6.45) is 5.43. The molecule has 1 aliphatic heterocycles. The second-order valence-corrected chi connectivity index (χ2v) is 7.34. The number of hydrogen-bond donors (Lipinski definition) is 0. The predicted octanol–water partition coefficient (Wildman–Crippen LogP) is 3.76. The molecule has 1 saturated heterocycles. The summed E-state index contributed by atoms with van der Waals surface area (Å²) in [7, 11) is 0. The predicted molar refractivity (Wildman–Crippen MR) is 94.6 cm³/mol. The molecular weight excluding hydrogens is 320 g/mol. The van der Waals surface area contributed by atoms with Crippen LogP contribution in [0.1, 0.15) is 68.8 Å². The Bertz CT molecular complexity index is 602. The van der Waals surface area contributed by atoms with Crippen LogP contribution in [0.15, 0.2) is 18.5 Å². The van der Waals surface area contributed by atoms with Crippen LogP contribution >= 0.6 is 0 Å². The zero-order valence-corrected chi connectivity index (χ0v) is 15.6. The number of hydrogen-bond acceptors (Lipinski definition) is 5. The Morgan fingerprint density at radius 2 is 1.96 bits per heavy atom. The molecule has 6 heteroatoms. The van der Waals surface area contributed by atoms with E-state index in [1.165, 1.54) is 0 Å². The standard InChI is InChI=1S/C19H28N2O4/c1-5-12-24-17(22)15-6-9-20-13-16(15)14-7-10-21(11-8-14)18(23)25-19(2,3)4/h6,9,13-14H,5,7-8,10-12H2,1-4H3. The normalized spacial score (nSPS) is 15.8. The molecule has 1 aromatic rings. The summed E-state index contributed by atoms with van der Waals surface area (Å²) in [6.45, 7) is 9.19. The van der Waals surface area contributed by atoms with E-state index in [2.05, 4.69) is 4.98 Å². The number of esters is 1.